The highest BCUT2D eigenvalue weighted by Gasteiger charge is 2.49. The molecule has 4 nitrogen and oxygen atoms in total. The largest absolute Gasteiger partial charge is 0.251 e. The minimum absolute atomic E-state index is 0.424. The van der Waals surface area contributed by atoms with Gasteiger partial charge in [0.2, 0.25) is 0 Å². The molecule has 4 saturated heterocycles. The summed E-state index contributed by atoms with van der Waals surface area (Å²) in [5, 5.41) is 11.9. The van der Waals surface area contributed by atoms with Crippen molar-refractivity contribution in [2.75, 3.05) is 26.2 Å². The van der Waals surface area contributed by atoms with Crippen molar-refractivity contribution in [3.05, 3.63) is 528 Å². The minimum atomic E-state index is -0.650. The number of nitrogens with zero attached hydrogens (tertiary/aromatic N) is 4. The molecule has 4 heterocycles. The van der Waals surface area contributed by atoms with Crippen molar-refractivity contribution in [2.45, 2.75) is 203 Å². The second-order valence-electron chi connectivity index (χ2n) is 38.9. The van der Waals surface area contributed by atoms with Crippen LogP contribution in [0.3, 0.4) is 0 Å². The van der Waals surface area contributed by atoms with Gasteiger partial charge in [0, 0.05) is 104 Å². The van der Waals surface area contributed by atoms with Crippen molar-refractivity contribution in [3.8, 4) is 0 Å². The first kappa shape index (κ1) is 106. The molecule has 144 heavy (non-hydrogen) atoms. The van der Waals surface area contributed by atoms with Gasteiger partial charge in [0.05, 0.1) is 0 Å². The first-order chi connectivity index (χ1) is 71.1. The molecular weight excluding hydrogens is 1890 g/mol. The Hall–Kier alpha value is -9.20. The van der Waals surface area contributed by atoms with Gasteiger partial charge in [0.1, 0.15) is 0 Å². The number of aryl methyl sites for hydroxylation is 4. The molecular formula is C132H148N4P8. The van der Waals surface area contributed by atoms with Crippen molar-refractivity contribution in [3.63, 3.8) is 0 Å². The zero-order valence-electron chi connectivity index (χ0n) is 86.0. The predicted octanol–water partition coefficient (Wildman–Crippen LogP) is 36.5. The summed E-state index contributed by atoms with van der Waals surface area (Å²) in [7, 11) is -4.24. The average molecular weight is 2040 g/mol. The summed E-state index contributed by atoms with van der Waals surface area (Å²) < 4.78 is 12.1. The summed E-state index contributed by atoms with van der Waals surface area (Å²) >= 11 is 0. The van der Waals surface area contributed by atoms with E-state index < -0.39 is 64.6 Å². The fraction of sp³-hybridized carbons (Fsp3) is 0.273. The van der Waals surface area contributed by atoms with E-state index in [9.17, 15) is 0 Å². The van der Waals surface area contributed by atoms with E-state index in [4.69, 9.17) is 0 Å². The smallest absolute Gasteiger partial charge is 0.0324 e. The highest BCUT2D eigenvalue weighted by Crippen LogP contribution is 2.81. The molecule has 11 atom stereocenters. The van der Waals surface area contributed by atoms with Crippen LogP contribution >= 0.6 is 64.6 Å². The molecule has 0 radical (unpaired) electrons. The van der Waals surface area contributed by atoms with Gasteiger partial charge in [-0.25, -0.2) is 0 Å². The maximum atomic E-state index is 3.04. The lowest BCUT2D eigenvalue weighted by Gasteiger charge is -2.43. The van der Waals surface area contributed by atoms with Crippen LogP contribution in [-0.4, -0.2) is 43.9 Å². The predicted molar refractivity (Wildman–Crippen MR) is 640 cm³/mol. The molecule has 0 bridgehead atoms. The summed E-state index contributed by atoms with van der Waals surface area (Å²) in [6.07, 6.45) is 20.0. The van der Waals surface area contributed by atoms with E-state index in [0.29, 0.717) is 45.3 Å². The highest BCUT2D eigenvalue weighted by atomic mass is 31.2. The molecule has 736 valence electrons. The number of hydrogen-bond acceptors (Lipinski definition) is 4. The van der Waals surface area contributed by atoms with E-state index >= 15 is 0 Å². The molecule has 20 rings (SSSR count). The van der Waals surface area contributed by atoms with Crippen LogP contribution in [0.1, 0.15) is 242 Å². The van der Waals surface area contributed by atoms with Crippen molar-refractivity contribution in [1.29, 1.82) is 0 Å². The lowest BCUT2D eigenvalue weighted by molar-refractivity contribution is 0.632. The van der Waals surface area contributed by atoms with Crippen LogP contribution in [0.25, 0.3) is 0 Å². The molecule has 0 N–H and O–H groups in total. The summed E-state index contributed by atoms with van der Waals surface area (Å²) in [6, 6.07) is 173. The molecule has 0 aliphatic carbocycles. The Morgan fingerprint density at radius 1 is 0.181 bits per heavy atom. The molecule has 16 aromatic rings. The Morgan fingerprint density at radius 3 is 0.507 bits per heavy atom. The van der Waals surface area contributed by atoms with Gasteiger partial charge in [0.25, 0.3) is 0 Å². The third kappa shape index (κ3) is 26.9. The molecule has 4 aliphatic heterocycles. The van der Waals surface area contributed by atoms with Gasteiger partial charge in [-0.1, -0.05) is 526 Å². The molecule has 0 saturated carbocycles. The van der Waals surface area contributed by atoms with E-state index in [1.807, 2.05) is 0 Å². The Labute approximate surface area is 875 Å². The summed E-state index contributed by atoms with van der Waals surface area (Å²) in [5.41, 5.74) is 22.5. The quantitative estimate of drug-likeness (QED) is 0.0363. The van der Waals surface area contributed by atoms with Crippen molar-refractivity contribution in [2.24, 2.45) is 0 Å². The van der Waals surface area contributed by atoms with Crippen LogP contribution < -0.4 is 42.4 Å². The molecule has 0 spiro atoms. The number of benzene rings is 16. The second kappa shape index (κ2) is 55.2. The Kier molecular flexibility index (Phi) is 40.7. The van der Waals surface area contributed by atoms with E-state index in [2.05, 4.69) is 534 Å². The highest BCUT2D eigenvalue weighted by molar-refractivity contribution is 7.81. The lowest BCUT2D eigenvalue weighted by atomic mass is 10.0. The summed E-state index contributed by atoms with van der Waals surface area (Å²) in [6.45, 7) is 23.0. The van der Waals surface area contributed by atoms with E-state index in [1.54, 1.807) is 0 Å². The van der Waals surface area contributed by atoms with Crippen molar-refractivity contribution < 1.29 is 0 Å². The molecule has 0 amide bonds. The molecule has 5 unspecified atom stereocenters. The zero-order chi connectivity index (χ0) is 99.0. The van der Waals surface area contributed by atoms with Crippen LogP contribution in [-0.2, 0) is 0 Å². The Morgan fingerprint density at radius 2 is 0.333 bits per heavy atom. The van der Waals surface area contributed by atoms with Crippen LogP contribution in [0.5, 0.6) is 0 Å². The summed E-state index contributed by atoms with van der Waals surface area (Å²) in [5.74, 6) is 0. The topological polar surface area (TPSA) is 13.0 Å². The Bertz CT molecular complexity index is 5830. The molecule has 4 aliphatic rings. The van der Waals surface area contributed by atoms with E-state index in [-0.39, 0.29) is 0 Å². The Balaban J connectivity index is 0.000000132. The van der Waals surface area contributed by atoms with Crippen LogP contribution in [0, 0.1) is 27.7 Å². The first-order valence-electron chi connectivity index (χ1n) is 53.3. The average Bonchev–Trinajstić information content (AvgIpc) is 1.59. The normalized spacial score (nSPS) is 19.3. The maximum absolute atomic E-state index is 3.04. The zero-order valence-corrected chi connectivity index (χ0v) is 93.2. The second-order valence-corrected chi connectivity index (χ2v) is 58.6. The van der Waals surface area contributed by atoms with Crippen LogP contribution in [0.2, 0.25) is 0 Å². The van der Waals surface area contributed by atoms with Crippen LogP contribution in [0.15, 0.2) is 461 Å². The van der Waals surface area contributed by atoms with Gasteiger partial charge in [-0.3, -0.25) is 17.8 Å². The van der Waals surface area contributed by atoms with Crippen molar-refractivity contribution in [1.82, 2.24) is 17.8 Å². The van der Waals surface area contributed by atoms with E-state index in [1.165, 1.54) is 212 Å². The van der Waals surface area contributed by atoms with Gasteiger partial charge in [-0.2, -0.15) is 0 Å². The fourth-order valence-corrected chi connectivity index (χ4v) is 52.0. The number of unbranched alkanes of at least 4 members (excludes halogenated alkanes) is 4. The standard InChI is InChI=1S/2C34H39NP2.2C32H35NP2/c1-4-5-26-35(36(31-22-14-12-16-27(31)2)32-23-15-13-17-28(32)3)37-33(29-18-8-6-9-19-29)24-25-34(37)30-20-10-7-11-21-30;1-4-5-26-35(36(31-20-16-27(2)17-21-31)32-22-18-28(3)19-23-32)37-33(29-12-8-6-9-13-29)24-25-34(37)30-14-10-7-11-15-30;2*1-2-3-26-33(34(29-20-12-6-13-21-29)30-22-14-7-15-23-30)35-31(27-16-8-4-9-17-27)24-25-32(35)28-18-10-5-11-19-28/h2*6-23,33-34H,4-5,24-26H2,1-3H3;2*4-23,31-32H,2-3,24-26H2,1H3/t33-,34?,37?;33-,34-;31-,32?,35?;31-,32+,35?/m000./s1. The van der Waals surface area contributed by atoms with Gasteiger partial charge in [0.15, 0.2) is 0 Å². The van der Waals surface area contributed by atoms with Gasteiger partial charge >= 0.3 is 0 Å². The molecule has 4 fully saturated rings. The molecule has 0 aromatic heterocycles. The number of rotatable bonds is 36. The minimum Gasteiger partial charge on any atom is -0.251 e. The summed E-state index contributed by atoms with van der Waals surface area (Å²) in [4.78, 5) is 0. The van der Waals surface area contributed by atoms with Gasteiger partial charge in [-0.15, -0.1) is 0 Å². The monoisotopic (exact) mass is 2040 g/mol. The fourth-order valence-electron chi connectivity index (χ4n) is 21.8. The van der Waals surface area contributed by atoms with Gasteiger partial charge in [-0.05, 0) is 235 Å². The van der Waals surface area contributed by atoms with Crippen LogP contribution in [0.4, 0.5) is 0 Å². The number of hydrogen-bond donors (Lipinski definition) is 0. The van der Waals surface area contributed by atoms with Gasteiger partial charge < -0.3 is 0 Å². The van der Waals surface area contributed by atoms with E-state index in [0.717, 1.165) is 26.2 Å². The first-order valence-corrected chi connectivity index (χ1v) is 64.3. The lowest BCUT2D eigenvalue weighted by Crippen LogP contribution is -2.30. The third-order valence-electron chi connectivity index (χ3n) is 29.0. The molecule has 16 aromatic carbocycles. The molecule has 12 heteroatoms. The maximum Gasteiger partial charge on any atom is 0.0324 e. The third-order valence-corrected chi connectivity index (χ3v) is 55.4. The SMILES string of the molecule is CCCCN(P(c1ccc(C)cc1)c1ccc(C)cc1)P1[C@H](c2ccccc2)CC[C@H]1c1ccccc1.CCCCN(P(c1ccccc1)c1ccccc1)P1C(c2ccccc2)CC[C@H]1c1ccccc1.CCCCN(P(c1ccccc1)c1ccccc1)P1[C@@H](c2ccccc2)CC[C@H]1c1ccccc1.CCCCN(P(c1ccccc1C)c1ccccc1C)P1C(c2ccccc2)CC[C@H]1c1ccccc1. The van der Waals surface area contributed by atoms with Crippen molar-refractivity contribution >= 4 is 107 Å².